The first-order valence-corrected chi connectivity index (χ1v) is 2.93. The Labute approximate surface area is 49.3 Å². The van der Waals surface area contributed by atoms with E-state index in [-0.39, 0.29) is 8.41 Å². The van der Waals surface area contributed by atoms with E-state index in [1.807, 2.05) is 0 Å². The van der Waals surface area contributed by atoms with Crippen LogP contribution in [0, 0.1) is 0 Å². The van der Waals surface area contributed by atoms with E-state index in [2.05, 4.69) is 5.73 Å². The van der Waals surface area contributed by atoms with E-state index in [0.29, 0.717) is 0 Å². The van der Waals surface area contributed by atoms with E-state index < -0.39 is 7.82 Å². The first-order chi connectivity index (χ1) is 3.00. The van der Waals surface area contributed by atoms with Crippen LogP contribution in [0.2, 0.25) is 0 Å². The fraction of sp³-hybridized carbons (Fsp3) is 1.00. The molecule has 0 atom stereocenters. The molecule has 0 amide bonds. The lowest BCUT2D eigenvalue weighted by Gasteiger charge is -1.82. The Morgan fingerprint density at radius 1 is 1.25 bits per heavy atom. The van der Waals surface area contributed by atoms with Crippen LogP contribution in [0.3, 0.4) is 0 Å². The van der Waals surface area contributed by atoms with Gasteiger partial charge in [-0.25, -0.2) is 4.57 Å². The molecule has 0 aliphatic carbocycles. The first-order valence-electron chi connectivity index (χ1n) is 1.36. The van der Waals surface area contributed by atoms with Crippen molar-refractivity contribution in [2.45, 2.75) is 0 Å². The summed E-state index contributed by atoms with van der Waals surface area (Å²) in [7, 11) is -3.14. The summed E-state index contributed by atoms with van der Waals surface area (Å²) in [5.41, 5.74) is 4.50. The molecule has 0 heterocycles. The Morgan fingerprint density at radius 2 is 1.25 bits per heavy atom. The zero-order valence-electron chi connectivity index (χ0n) is 3.77. The van der Waals surface area contributed by atoms with Crippen LogP contribution in [-0.4, -0.2) is 30.1 Å². The van der Waals surface area contributed by atoms with Crippen molar-refractivity contribution in [1.29, 1.82) is 0 Å². The predicted molar refractivity (Wildman–Crippen MR) is 34.3 cm³/mol. The van der Waals surface area contributed by atoms with Gasteiger partial charge in [0.25, 0.3) is 0 Å². The van der Waals surface area contributed by atoms with E-state index in [9.17, 15) is 0 Å². The zero-order valence-corrected chi connectivity index (χ0v) is 4.67. The van der Waals surface area contributed by atoms with Crippen LogP contribution in [-0.2, 0) is 4.57 Å². The molecule has 8 heavy (non-hydrogen) atoms. The number of rotatable bonds is 0. The van der Waals surface area contributed by atoms with E-state index in [1.165, 1.54) is 7.05 Å². The van der Waals surface area contributed by atoms with Gasteiger partial charge in [0.15, 0.2) is 0 Å². The lowest BCUT2D eigenvalue weighted by molar-refractivity contribution is 0.275. The minimum Gasteiger partial charge on any atom is -0.333 e. The van der Waals surface area contributed by atoms with Gasteiger partial charge in [-0.2, -0.15) is 0 Å². The molecule has 7 heteroatoms. The third-order valence-corrected chi connectivity index (χ3v) is 0. The topological polar surface area (TPSA) is 104 Å². The van der Waals surface area contributed by atoms with Crippen LogP contribution < -0.4 is 5.73 Å². The van der Waals surface area contributed by atoms with Crippen molar-refractivity contribution in [3.05, 3.63) is 0 Å². The smallest absolute Gasteiger partial charge is 0.333 e. The molecule has 0 aliphatic rings. The molecule has 0 aromatic heterocycles. The summed E-state index contributed by atoms with van der Waals surface area (Å²) in [6.07, 6.45) is 0. The fourth-order valence-corrected chi connectivity index (χ4v) is 0. The summed E-state index contributed by atoms with van der Waals surface area (Å²) in [4.78, 5) is 21.6. The molecule has 0 unspecified atom stereocenters. The SMILES string of the molecule is B.CN.O=P(O)(O)O. The number of phosphoric acid groups is 1. The lowest BCUT2D eigenvalue weighted by Crippen LogP contribution is -1.69. The summed E-state index contributed by atoms with van der Waals surface area (Å²) in [5.74, 6) is 0. The molecule has 5 nitrogen and oxygen atoms in total. The van der Waals surface area contributed by atoms with Crippen molar-refractivity contribution >= 4 is 16.2 Å². The van der Waals surface area contributed by atoms with Gasteiger partial charge >= 0.3 is 7.82 Å². The summed E-state index contributed by atoms with van der Waals surface area (Å²) < 4.78 is 8.88. The molecule has 0 aromatic carbocycles. The fourth-order valence-electron chi connectivity index (χ4n) is 0. The third kappa shape index (κ3) is 8880. The average molecular weight is 143 g/mol. The van der Waals surface area contributed by atoms with Crippen LogP contribution in [0.4, 0.5) is 0 Å². The van der Waals surface area contributed by atoms with Gasteiger partial charge in [-0.1, -0.05) is 0 Å². The van der Waals surface area contributed by atoms with Gasteiger partial charge < -0.3 is 20.4 Å². The standard InChI is InChI=1S/CH5N.BH3.H3O4P/c1-2;;1-5(2,3)4/h2H2,1H3;1H3;(H3,1,2,3,4). The molecule has 0 spiro atoms. The van der Waals surface area contributed by atoms with Crippen molar-refractivity contribution in [2.75, 3.05) is 7.05 Å². The van der Waals surface area contributed by atoms with Gasteiger partial charge in [-0.15, -0.1) is 0 Å². The Morgan fingerprint density at radius 3 is 1.25 bits per heavy atom. The van der Waals surface area contributed by atoms with Gasteiger partial charge in [0.2, 0.25) is 0 Å². The molecule has 0 rings (SSSR count). The van der Waals surface area contributed by atoms with Gasteiger partial charge in [0.1, 0.15) is 0 Å². The Balaban J connectivity index is -0.0000000750. The van der Waals surface area contributed by atoms with Crippen molar-refractivity contribution in [2.24, 2.45) is 5.73 Å². The molecule has 0 radical (unpaired) electrons. The molecule has 5 N–H and O–H groups in total. The summed E-state index contributed by atoms with van der Waals surface area (Å²) in [6, 6.07) is 0. The highest BCUT2D eigenvalue weighted by molar-refractivity contribution is 7.45. The molecule has 0 aromatic rings. The molecule has 0 bridgehead atoms. The first kappa shape index (κ1) is 15.7. The van der Waals surface area contributed by atoms with Crippen LogP contribution in [0.1, 0.15) is 0 Å². The molecular weight excluding hydrogens is 132 g/mol. The van der Waals surface area contributed by atoms with Crippen LogP contribution in [0.15, 0.2) is 0 Å². The maximum atomic E-state index is 8.88. The molecule has 0 saturated carbocycles. The molecule has 52 valence electrons. The van der Waals surface area contributed by atoms with E-state index in [1.54, 1.807) is 0 Å². The van der Waals surface area contributed by atoms with Crippen molar-refractivity contribution in [1.82, 2.24) is 0 Å². The van der Waals surface area contributed by atoms with Crippen molar-refractivity contribution in [3.8, 4) is 0 Å². The van der Waals surface area contributed by atoms with Gasteiger partial charge in [-0.3, -0.25) is 0 Å². The third-order valence-electron chi connectivity index (χ3n) is 0. The number of nitrogens with two attached hydrogens (primary N) is 1. The maximum Gasteiger partial charge on any atom is 0.466 e. The van der Waals surface area contributed by atoms with Gasteiger partial charge in [0, 0.05) is 0 Å². The Hall–Kier alpha value is 0.135. The molecule has 0 saturated heterocycles. The molecule has 0 aliphatic heterocycles. The lowest BCUT2D eigenvalue weighted by atomic mass is 10.8. The van der Waals surface area contributed by atoms with E-state index in [4.69, 9.17) is 19.2 Å². The van der Waals surface area contributed by atoms with Crippen molar-refractivity contribution in [3.63, 3.8) is 0 Å². The second-order valence-corrected chi connectivity index (χ2v) is 1.54. The predicted octanol–water partition coefficient (Wildman–Crippen LogP) is -2.54. The zero-order chi connectivity index (χ0) is 6.50. The van der Waals surface area contributed by atoms with Crippen LogP contribution >= 0.6 is 7.82 Å². The quantitative estimate of drug-likeness (QED) is 0.221. The van der Waals surface area contributed by atoms with Crippen LogP contribution in [0.5, 0.6) is 0 Å². The highest BCUT2D eigenvalue weighted by Gasteiger charge is 2.00. The highest BCUT2D eigenvalue weighted by atomic mass is 31.2. The number of hydrogen-bond acceptors (Lipinski definition) is 2. The van der Waals surface area contributed by atoms with Crippen LogP contribution in [0.25, 0.3) is 0 Å². The summed E-state index contributed by atoms with van der Waals surface area (Å²) in [5, 5.41) is 0. The molecule has 0 fully saturated rings. The Kier molecular flexibility index (Phi) is 14.0. The number of hydrogen-bond donors (Lipinski definition) is 4. The van der Waals surface area contributed by atoms with E-state index >= 15 is 0 Å². The van der Waals surface area contributed by atoms with Gasteiger partial charge in [-0.05, 0) is 7.05 Å². The largest absolute Gasteiger partial charge is 0.466 e. The maximum absolute atomic E-state index is 8.88. The Bertz CT molecular complexity index is 62.2. The second-order valence-electron chi connectivity index (χ2n) is 0.513. The highest BCUT2D eigenvalue weighted by Crippen LogP contribution is 2.25. The minimum atomic E-state index is -4.64. The van der Waals surface area contributed by atoms with Crippen molar-refractivity contribution < 1.29 is 19.2 Å². The average Bonchev–Trinajstić information content (AvgIpc) is 1.36. The summed E-state index contributed by atoms with van der Waals surface area (Å²) >= 11 is 0. The van der Waals surface area contributed by atoms with E-state index in [0.717, 1.165) is 0 Å². The molecular formula is CH11BNO4P. The summed E-state index contributed by atoms with van der Waals surface area (Å²) in [6.45, 7) is 0. The monoisotopic (exact) mass is 143 g/mol. The minimum absolute atomic E-state index is 0. The second kappa shape index (κ2) is 7.13. The normalized spacial score (nSPS) is 8.12. The van der Waals surface area contributed by atoms with Gasteiger partial charge in [0.05, 0.1) is 8.41 Å².